The Bertz CT molecular complexity index is 526. The van der Waals surface area contributed by atoms with Crippen LogP contribution in [0.4, 0.5) is 0 Å². The van der Waals surface area contributed by atoms with E-state index in [1.807, 2.05) is 19.9 Å². The van der Waals surface area contributed by atoms with Gasteiger partial charge in [-0.1, -0.05) is 45.7 Å². The van der Waals surface area contributed by atoms with E-state index in [9.17, 15) is 4.79 Å². The maximum Gasteiger partial charge on any atom is 0.251 e. The first-order valence-corrected chi connectivity index (χ1v) is 8.13. The van der Waals surface area contributed by atoms with E-state index in [0.717, 1.165) is 18.5 Å². The number of nitrogens with one attached hydrogen (secondary N) is 1. The van der Waals surface area contributed by atoms with Crippen LogP contribution in [-0.2, 0) is 0 Å². The molecule has 1 aliphatic carbocycles. The van der Waals surface area contributed by atoms with Crippen LogP contribution < -0.4 is 5.32 Å². The fourth-order valence-electron chi connectivity index (χ4n) is 3.03. The molecule has 1 atom stereocenters. The van der Waals surface area contributed by atoms with E-state index in [4.69, 9.17) is 11.6 Å². The van der Waals surface area contributed by atoms with Gasteiger partial charge in [-0.2, -0.15) is 0 Å². The van der Waals surface area contributed by atoms with Gasteiger partial charge in [-0.15, -0.1) is 0 Å². The summed E-state index contributed by atoms with van der Waals surface area (Å²) in [4.78, 5) is 16.7. The molecule has 1 aromatic rings. The molecule has 1 amide bonds. The SMILES string of the molecule is CC(C)c1cc(C(=O)NC2CCCC(C)(C)C2)cc(Cl)n1. The highest BCUT2D eigenvalue weighted by atomic mass is 35.5. The molecule has 0 aliphatic heterocycles. The third-order valence-electron chi connectivity index (χ3n) is 4.21. The minimum atomic E-state index is -0.0381. The molecule has 1 N–H and O–H groups in total. The monoisotopic (exact) mass is 308 g/mol. The molecule has 0 spiro atoms. The van der Waals surface area contributed by atoms with Gasteiger partial charge in [0.25, 0.3) is 5.91 Å². The second kappa shape index (κ2) is 6.35. The molecule has 1 heterocycles. The minimum absolute atomic E-state index is 0.0381. The Kier molecular flexibility index (Phi) is 4.92. The number of carbonyl (C=O) groups excluding carboxylic acids is 1. The lowest BCUT2D eigenvalue weighted by Crippen LogP contribution is -2.40. The zero-order chi connectivity index (χ0) is 15.6. The molecule has 4 heteroatoms. The molecule has 1 saturated carbocycles. The van der Waals surface area contributed by atoms with Crippen LogP contribution in [0.2, 0.25) is 5.15 Å². The second-order valence-corrected chi connectivity index (χ2v) is 7.58. The van der Waals surface area contributed by atoms with Crippen LogP contribution in [0.1, 0.15) is 75.3 Å². The van der Waals surface area contributed by atoms with E-state index in [2.05, 4.69) is 24.1 Å². The van der Waals surface area contributed by atoms with Gasteiger partial charge in [0.2, 0.25) is 0 Å². The number of nitrogens with zero attached hydrogens (tertiary/aromatic N) is 1. The zero-order valence-electron chi connectivity index (χ0n) is 13.4. The average Bonchev–Trinajstić information content (AvgIpc) is 2.36. The predicted octanol–water partition coefficient (Wildman–Crippen LogP) is 4.56. The molecular formula is C17H25ClN2O. The van der Waals surface area contributed by atoms with Crippen molar-refractivity contribution in [2.45, 2.75) is 65.3 Å². The number of carbonyl (C=O) groups is 1. The average molecular weight is 309 g/mol. The number of amides is 1. The van der Waals surface area contributed by atoms with Gasteiger partial charge in [0, 0.05) is 17.3 Å². The van der Waals surface area contributed by atoms with Crippen molar-refractivity contribution in [1.82, 2.24) is 10.3 Å². The third kappa shape index (κ3) is 4.44. The Balaban J connectivity index is 2.10. The highest BCUT2D eigenvalue weighted by molar-refractivity contribution is 6.29. The number of rotatable bonds is 3. The lowest BCUT2D eigenvalue weighted by Gasteiger charge is -2.35. The summed E-state index contributed by atoms with van der Waals surface area (Å²) in [6, 6.07) is 3.76. The van der Waals surface area contributed by atoms with Crippen molar-refractivity contribution in [3.05, 3.63) is 28.5 Å². The molecule has 1 unspecified atom stereocenters. The van der Waals surface area contributed by atoms with Crippen molar-refractivity contribution < 1.29 is 4.79 Å². The Morgan fingerprint density at radius 2 is 2.14 bits per heavy atom. The molecule has 2 rings (SSSR count). The van der Waals surface area contributed by atoms with Crippen LogP contribution in [0.15, 0.2) is 12.1 Å². The lowest BCUT2D eigenvalue weighted by molar-refractivity contribution is 0.0902. The van der Waals surface area contributed by atoms with Crippen molar-refractivity contribution >= 4 is 17.5 Å². The smallest absolute Gasteiger partial charge is 0.251 e. The van der Waals surface area contributed by atoms with Gasteiger partial charge in [-0.3, -0.25) is 4.79 Å². The summed E-state index contributed by atoms with van der Waals surface area (Å²) < 4.78 is 0. The first-order valence-electron chi connectivity index (χ1n) is 7.75. The second-order valence-electron chi connectivity index (χ2n) is 7.19. The summed E-state index contributed by atoms with van der Waals surface area (Å²) >= 11 is 6.04. The van der Waals surface area contributed by atoms with Crippen molar-refractivity contribution in [2.24, 2.45) is 5.41 Å². The summed E-state index contributed by atoms with van der Waals surface area (Å²) in [6.45, 7) is 8.63. The minimum Gasteiger partial charge on any atom is -0.349 e. The van der Waals surface area contributed by atoms with Gasteiger partial charge in [-0.25, -0.2) is 4.98 Å². The molecule has 21 heavy (non-hydrogen) atoms. The summed E-state index contributed by atoms with van der Waals surface area (Å²) in [5, 5.41) is 3.54. The van der Waals surface area contributed by atoms with E-state index in [0.29, 0.717) is 16.1 Å². The molecule has 116 valence electrons. The topological polar surface area (TPSA) is 42.0 Å². The van der Waals surface area contributed by atoms with Gasteiger partial charge >= 0.3 is 0 Å². The van der Waals surface area contributed by atoms with E-state index < -0.39 is 0 Å². The molecule has 0 saturated heterocycles. The Morgan fingerprint density at radius 3 is 2.76 bits per heavy atom. The molecule has 1 fully saturated rings. The third-order valence-corrected chi connectivity index (χ3v) is 4.40. The maximum absolute atomic E-state index is 12.5. The van der Waals surface area contributed by atoms with Crippen LogP contribution in [0.25, 0.3) is 0 Å². The van der Waals surface area contributed by atoms with Crippen LogP contribution in [-0.4, -0.2) is 16.9 Å². The standard InChI is InChI=1S/C17H25ClN2O/c1-11(2)14-8-12(9-15(18)20-14)16(21)19-13-6-5-7-17(3,4)10-13/h8-9,11,13H,5-7,10H2,1-4H3,(H,19,21). The first kappa shape index (κ1) is 16.3. The highest BCUT2D eigenvalue weighted by Crippen LogP contribution is 2.35. The van der Waals surface area contributed by atoms with Gasteiger partial charge in [0.05, 0.1) is 0 Å². The van der Waals surface area contributed by atoms with Crippen molar-refractivity contribution in [3.8, 4) is 0 Å². The number of aromatic nitrogens is 1. The van der Waals surface area contributed by atoms with Crippen LogP contribution >= 0.6 is 11.6 Å². The predicted molar refractivity (Wildman–Crippen MR) is 86.8 cm³/mol. The van der Waals surface area contributed by atoms with Crippen LogP contribution in [0.5, 0.6) is 0 Å². The van der Waals surface area contributed by atoms with Crippen molar-refractivity contribution in [2.75, 3.05) is 0 Å². The van der Waals surface area contributed by atoms with E-state index in [-0.39, 0.29) is 17.9 Å². The highest BCUT2D eigenvalue weighted by Gasteiger charge is 2.29. The number of hydrogen-bond donors (Lipinski definition) is 1. The fraction of sp³-hybridized carbons (Fsp3) is 0.647. The van der Waals surface area contributed by atoms with Crippen LogP contribution in [0.3, 0.4) is 0 Å². The summed E-state index contributed by atoms with van der Waals surface area (Å²) in [7, 11) is 0. The van der Waals surface area contributed by atoms with Gasteiger partial charge in [0.15, 0.2) is 0 Å². The fourth-order valence-corrected chi connectivity index (χ4v) is 3.25. The molecule has 1 aliphatic rings. The molecule has 0 bridgehead atoms. The van der Waals surface area contributed by atoms with Crippen molar-refractivity contribution in [3.63, 3.8) is 0 Å². The Morgan fingerprint density at radius 1 is 1.43 bits per heavy atom. The normalized spacial score (nSPS) is 21.3. The summed E-state index contributed by atoms with van der Waals surface area (Å²) in [6.07, 6.45) is 4.50. The Labute approximate surface area is 132 Å². The number of hydrogen-bond acceptors (Lipinski definition) is 2. The zero-order valence-corrected chi connectivity index (χ0v) is 14.1. The molecule has 0 radical (unpaired) electrons. The van der Waals surface area contributed by atoms with E-state index in [1.165, 1.54) is 12.8 Å². The quantitative estimate of drug-likeness (QED) is 0.832. The molecule has 3 nitrogen and oxygen atoms in total. The van der Waals surface area contributed by atoms with Crippen LogP contribution in [0, 0.1) is 5.41 Å². The molecule has 1 aromatic heterocycles. The lowest BCUT2D eigenvalue weighted by atomic mass is 9.75. The largest absolute Gasteiger partial charge is 0.349 e. The van der Waals surface area contributed by atoms with E-state index >= 15 is 0 Å². The summed E-state index contributed by atoms with van der Waals surface area (Å²) in [5.74, 6) is 0.216. The maximum atomic E-state index is 12.5. The van der Waals surface area contributed by atoms with Gasteiger partial charge in [0.1, 0.15) is 5.15 Å². The summed E-state index contributed by atoms with van der Waals surface area (Å²) in [5.41, 5.74) is 1.79. The first-order chi connectivity index (χ1) is 9.77. The number of halogens is 1. The van der Waals surface area contributed by atoms with Crippen molar-refractivity contribution in [1.29, 1.82) is 0 Å². The van der Waals surface area contributed by atoms with Gasteiger partial charge < -0.3 is 5.32 Å². The molecular weight excluding hydrogens is 284 g/mol. The number of pyridine rings is 1. The van der Waals surface area contributed by atoms with E-state index in [1.54, 1.807) is 6.07 Å². The Hall–Kier alpha value is -1.09. The van der Waals surface area contributed by atoms with Gasteiger partial charge in [-0.05, 0) is 42.7 Å². The molecule has 0 aromatic carbocycles.